The summed E-state index contributed by atoms with van der Waals surface area (Å²) in [4.78, 5) is 23.4. The molecular weight excluding hydrogens is 347 g/mol. The molecule has 2 aromatic carbocycles. The Morgan fingerprint density at radius 3 is 2.64 bits per heavy atom. The fraction of sp³-hybridized carbons (Fsp3) is 0.222. The van der Waals surface area contributed by atoms with Crippen molar-refractivity contribution in [1.82, 2.24) is 10.9 Å². The molecule has 0 radical (unpaired) electrons. The molecule has 132 valence electrons. The summed E-state index contributed by atoms with van der Waals surface area (Å²) >= 11 is 5.93. The molecule has 2 N–H and O–H groups in total. The molecule has 0 fully saturated rings. The molecule has 0 saturated heterocycles. The lowest BCUT2D eigenvalue weighted by atomic mass is 10.2. The van der Waals surface area contributed by atoms with Gasteiger partial charge in [0.15, 0.2) is 0 Å². The molecule has 0 saturated carbocycles. The lowest BCUT2D eigenvalue weighted by molar-refractivity contribution is -0.122. The van der Waals surface area contributed by atoms with Crippen molar-refractivity contribution in [3.8, 4) is 5.75 Å². The topological polar surface area (TPSA) is 67.4 Å². The van der Waals surface area contributed by atoms with Gasteiger partial charge in [-0.2, -0.15) is 0 Å². The third-order valence-corrected chi connectivity index (χ3v) is 3.80. The van der Waals surface area contributed by atoms with E-state index in [9.17, 15) is 14.0 Å². The second kappa shape index (κ2) is 9.03. The average molecular weight is 365 g/mol. The Morgan fingerprint density at radius 1 is 1.16 bits per heavy atom. The van der Waals surface area contributed by atoms with Gasteiger partial charge in [0.05, 0.1) is 12.2 Å². The lowest BCUT2D eigenvalue weighted by Gasteiger charge is -2.09. The molecule has 0 heterocycles. The highest BCUT2D eigenvalue weighted by Gasteiger charge is 2.11. The Balaban J connectivity index is 1.68. The first-order chi connectivity index (χ1) is 12.0. The van der Waals surface area contributed by atoms with E-state index in [-0.39, 0.29) is 17.9 Å². The quantitative estimate of drug-likeness (QED) is 0.609. The van der Waals surface area contributed by atoms with Crippen LogP contribution in [0.15, 0.2) is 42.5 Å². The number of carbonyl (C=O) groups is 2. The van der Waals surface area contributed by atoms with E-state index < -0.39 is 11.7 Å². The van der Waals surface area contributed by atoms with Crippen LogP contribution in [0.3, 0.4) is 0 Å². The number of hydrogen-bond acceptors (Lipinski definition) is 3. The van der Waals surface area contributed by atoms with Crippen LogP contribution in [0.5, 0.6) is 5.75 Å². The second-order valence-electron chi connectivity index (χ2n) is 5.35. The lowest BCUT2D eigenvalue weighted by Crippen LogP contribution is -2.41. The standard InChI is InChI=1S/C18H18ClFN2O3/c1-12-11-13(8-9-15(12)19)25-10-4-7-17(23)21-22-18(24)14-5-2-3-6-16(14)20/h2-3,5-6,8-9,11H,4,7,10H2,1H3,(H,21,23)(H,22,24). The van der Waals surface area contributed by atoms with Crippen molar-refractivity contribution in [3.05, 3.63) is 64.4 Å². The molecule has 0 aliphatic heterocycles. The zero-order valence-corrected chi connectivity index (χ0v) is 14.4. The van der Waals surface area contributed by atoms with Crippen molar-refractivity contribution in [2.75, 3.05) is 6.61 Å². The molecule has 0 bridgehead atoms. The fourth-order valence-electron chi connectivity index (χ4n) is 2.03. The van der Waals surface area contributed by atoms with Gasteiger partial charge in [-0.05, 0) is 49.2 Å². The molecule has 5 nitrogen and oxygen atoms in total. The smallest absolute Gasteiger partial charge is 0.272 e. The maximum absolute atomic E-state index is 13.4. The molecule has 2 rings (SSSR count). The second-order valence-corrected chi connectivity index (χ2v) is 5.75. The highest BCUT2D eigenvalue weighted by molar-refractivity contribution is 6.31. The highest BCUT2D eigenvalue weighted by Crippen LogP contribution is 2.21. The number of carbonyl (C=O) groups excluding carboxylic acids is 2. The Hall–Kier alpha value is -2.60. The molecule has 0 aliphatic carbocycles. The molecule has 0 aromatic heterocycles. The number of aryl methyl sites for hydroxylation is 1. The van der Waals surface area contributed by atoms with Gasteiger partial charge < -0.3 is 4.74 Å². The molecule has 25 heavy (non-hydrogen) atoms. The van der Waals surface area contributed by atoms with Crippen molar-refractivity contribution >= 4 is 23.4 Å². The summed E-state index contributed by atoms with van der Waals surface area (Å²) in [5.74, 6) is -1.07. The summed E-state index contributed by atoms with van der Waals surface area (Å²) in [5, 5.41) is 0.664. The van der Waals surface area contributed by atoms with Crippen LogP contribution in [0, 0.1) is 12.7 Å². The Bertz CT molecular complexity index is 768. The number of amides is 2. The van der Waals surface area contributed by atoms with E-state index in [1.807, 2.05) is 13.0 Å². The fourth-order valence-corrected chi connectivity index (χ4v) is 2.15. The number of benzene rings is 2. The summed E-state index contributed by atoms with van der Waals surface area (Å²) in [7, 11) is 0. The van der Waals surface area contributed by atoms with Crippen LogP contribution in [0.2, 0.25) is 5.02 Å². The molecule has 0 atom stereocenters. The molecular formula is C18H18ClFN2O3. The average Bonchev–Trinajstić information content (AvgIpc) is 2.60. The Morgan fingerprint density at radius 2 is 1.92 bits per heavy atom. The SMILES string of the molecule is Cc1cc(OCCCC(=O)NNC(=O)c2ccccc2F)ccc1Cl. The van der Waals surface area contributed by atoms with Crippen molar-refractivity contribution in [1.29, 1.82) is 0 Å². The molecule has 2 aromatic rings. The predicted octanol–water partition coefficient (Wildman–Crippen LogP) is 3.41. The van der Waals surface area contributed by atoms with Gasteiger partial charge in [-0.25, -0.2) is 4.39 Å². The van der Waals surface area contributed by atoms with Crippen LogP contribution >= 0.6 is 11.6 Å². The van der Waals surface area contributed by atoms with E-state index in [0.717, 1.165) is 5.56 Å². The van der Waals surface area contributed by atoms with Gasteiger partial charge >= 0.3 is 0 Å². The summed E-state index contributed by atoms with van der Waals surface area (Å²) in [6.07, 6.45) is 0.618. The summed E-state index contributed by atoms with van der Waals surface area (Å²) in [6, 6.07) is 10.8. The van der Waals surface area contributed by atoms with Crippen LogP contribution in [0.1, 0.15) is 28.8 Å². The van der Waals surface area contributed by atoms with Crippen LogP contribution in [-0.4, -0.2) is 18.4 Å². The Labute approximate surface area is 150 Å². The van der Waals surface area contributed by atoms with Gasteiger partial charge in [0, 0.05) is 11.4 Å². The largest absolute Gasteiger partial charge is 0.494 e. The zero-order chi connectivity index (χ0) is 18.2. The van der Waals surface area contributed by atoms with E-state index in [2.05, 4.69) is 10.9 Å². The molecule has 0 spiro atoms. The number of nitrogens with one attached hydrogen (secondary N) is 2. The van der Waals surface area contributed by atoms with E-state index in [4.69, 9.17) is 16.3 Å². The number of hydrogen-bond donors (Lipinski definition) is 2. The number of ether oxygens (including phenoxy) is 1. The van der Waals surface area contributed by atoms with Gasteiger partial charge in [-0.1, -0.05) is 23.7 Å². The van der Waals surface area contributed by atoms with Gasteiger partial charge in [-0.3, -0.25) is 20.4 Å². The van der Waals surface area contributed by atoms with Gasteiger partial charge in [0.2, 0.25) is 5.91 Å². The van der Waals surface area contributed by atoms with E-state index in [1.54, 1.807) is 12.1 Å². The summed E-state index contributed by atoms with van der Waals surface area (Å²) in [5.41, 5.74) is 5.20. The van der Waals surface area contributed by atoms with Gasteiger partial charge in [0.25, 0.3) is 5.91 Å². The number of hydrazine groups is 1. The number of halogens is 2. The van der Waals surface area contributed by atoms with Crippen LogP contribution < -0.4 is 15.6 Å². The molecule has 7 heteroatoms. The van der Waals surface area contributed by atoms with Crippen molar-refractivity contribution in [2.24, 2.45) is 0 Å². The minimum Gasteiger partial charge on any atom is -0.494 e. The normalized spacial score (nSPS) is 10.2. The monoisotopic (exact) mass is 364 g/mol. The third-order valence-electron chi connectivity index (χ3n) is 3.38. The third kappa shape index (κ3) is 5.76. The van der Waals surface area contributed by atoms with Gasteiger partial charge in [-0.15, -0.1) is 0 Å². The highest BCUT2D eigenvalue weighted by atomic mass is 35.5. The first kappa shape index (κ1) is 18.7. The molecule has 2 amide bonds. The van der Waals surface area contributed by atoms with Gasteiger partial charge in [0.1, 0.15) is 11.6 Å². The Kier molecular flexibility index (Phi) is 6.77. The minimum atomic E-state index is -0.709. The van der Waals surface area contributed by atoms with Crippen molar-refractivity contribution in [3.63, 3.8) is 0 Å². The summed E-state index contributed by atoms with van der Waals surface area (Å²) < 4.78 is 19.0. The van der Waals surface area contributed by atoms with Crippen molar-refractivity contribution in [2.45, 2.75) is 19.8 Å². The van der Waals surface area contributed by atoms with Crippen LogP contribution in [-0.2, 0) is 4.79 Å². The zero-order valence-electron chi connectivity index (χ0n) is 13.6. The maximum Gasteiger partial charge on any atom is 0.272 e. The van der Waals surface area contributed by atoms with E-state index >= 15 is 0 Å². The maximum atomic E-state index is 13.4. The molecule has 0 unspecified atom stereocenters. The first-order valence-electron chi connectivity index (χ1n) is 7.70. The molecule has 0 aliphatic rings. The first-order valence-corrected chi connectivity index (χ1v) is 8.08. The van der Waals surface area contributed by atoms with Crippen molar-refractivity contribution < 1.29 is 18.7 Å². The predicted molar refractivity (Wildman–Crippen MR) is 92.9 cm³/mol. The van der Waals surface area contributed by atoms with Crippen LogP contribution in [0.4, 0.5) is 4.39 Å². The summed E-state index contributed by atoms with van der Waals surface area (Å²) in [6.45, 7) is 2.22. The van der Waals surface area contributed by atoms with Crippen LogP contribution in [0.25, 0.3) is 0 Å². The number of rotatable bonds is 6. The van der Waals surface area contributed by atoms with E-state index in [1.165, 1.54) is 24.3 Å². The minimum absolute atomic E-state index is 0.135. The van der Waals surface area contributed by atoms with E-state index in [0.29, 0.717) is 23.8 Å².